The normalized spacial score (nSPS) is 10.6. The number of pyridine rings is 1. The van der Waals surface area contributed by atoms with Gasteiger partial charge in [0.2, 0.25) is 0 Å². The number of aryl methyl sites for hydroxylation is 1. The van der Waals surface area contributed by atoms with Crippen molar-refractivity contribution < 1.29 is 14.6 Å². The molecule has 1 aromatic carbocycles. The summed E-state index contributed by atoms with van der Waals surface area (Å²) in [5.41, 5.74) is 8.19. The summed E-state index contributed by atoms with van der Waals surface area (Å²) in [4.78, 5) is 15.9. The number of benzene rings is 1. The second-order valence-corrected chi connectivity index (χ2v) is 4.23. The van der Waals surface area contributed by atoms with E-state index < -0.39 is 5.97 Å². The number of hydrogen-bond donors (Lipinski definition) is 2. The smallest absolute Gasteiger partial charge is 0.356 e. The molecule has 0 bridgehead atoms. The number of ether oxygens (including phenoxy) is 1. The van der Waals surface area contributed by atoms with E-state index in [1.807, 2.05) is 12.1 Å². The van der Waals surface area contributed by atoms with E-state index in [2.05, 4.69) is 4.98 Å². The van der Waals surface area contributed by atoms with Crippen molar-refractivity contribution in [3.05, 3.63) is 35.5 Å². The fraction of sp³-hybridized carbons (Fsp3) is 0.286. The lowest BCUT2D eigenvalue weighted by molar-refractivity contribution is 0.0594. The summed E-state index contributed by atoms with van der Waals surface area (Å²) >= 11 is 0. The number of hydrogen-bond acceptors (Lipinski definition) is 5. The number of nitrogens with two attached hydrogens (primary N) is 1. The van der Waals surface area contributed by atoms with Gasteiger partial charge in [-0.25, -0.2) is 9.78 Å². The summed E-state index contributed by atoms with van der Waals surface area (Å²) in [7, 11) is 1.32. The Morgan fingerprint density at radius 3 is 2.95 bits per heavy atom. The molecule has 0 atom stereocenters. The van der Waals surface area contributed by atoms with Crippen LogP contribution in [-0.4, -0.2) is 29.8 Å². The van der Waals surface area contributed by atoms with E-state index in [1.165, 1.54) is 7.11 Å². The number of aliphatic hydroxyl groups is 1. The number of para-hydroxylation sites is 1. The number of nitrogen functional groups attached to an aromatic ring is 1. The van der Waals surface area contributed by atoms with Crippen LogP contribution in [0.1, 0.15) is 22.5 Å². The predicted octanol–water partition coefficient (Wildman–Crippen LogP) is 1.53. The minimum atomic E-state index is -0.490. The largest absolute Gasteiger partial charge is 0.464 e. The molecule has 1 heterocycles. The molecule has 19 heavy (non-hydrogen) atoms. The molecule has 5 heteroatoms. The predicted molar refractivity (Wildman–Crippen MR) is 72.9 cm³/mol. The van der Waals surface area contributed by atoms with Crippen LogP contribution in [0.4, 0.5) is 5.69 Å². The fourth-order valence-corrected chi connectivity index (χ4v) is 2.03. The van der Waals surface area contributed by atoms with E-state index in [0.29, 0.717) is 24.0 Å². The Bertz CT molecular complexity index is 611. The van der Waals surface area contributed by atoms with Gasteiger partial charge in [0.15, 0.2) is 0 Å². The topological polar surface area (TPSA) is 85.4 Å². The highest BCUT2D eigenvalue weighted by atomic mass is 16.5. The van der Waals surface area contributed by atoms with E-state index in [9.17, 15) is 4.79 Å². The number of carbonyl (C=O) groups excluding carboxylic acids is 1. The van der Waals surface area contributed by atoms with Gasteiger partial charge in [0.05, 0.1) is 18.3 Å². The number of anilines is 1. The second kappa shape index (κ2) is 5.67. The Morgan fingerprint density at radius 1 is 1.47 bits per heavy atom. The van der Waals surface area contributed by atoms with Crippen molar-refractivity contribution in [3.63, 3.8) is 0 Å². The van der Waals surface area contributed by atoms with Gasteiger partial charge in [-0.15, -0.1) is 0 Å². The van der Waals surface area contributed by atoms with Gasteiger partial charge in [-0.3, -0.25) is 0 Å². The Labute approximate surface area is 111 Å². The summed E-state index contributed by atoms with van der Waals surface area (Å²) in [6.07, 6.45) is 1.28. The first kappa shape index (κ1) is 13.3. The molecule has 0 aliphatic carbocycles. The molecule has 2 aromatic rings. The van der Waals surface area contributed by atoms with Gasteiger partial charge >= 0.3 is 5.97 Å². The lowest BCUT2D eigenvalue weighted by Gasteiger charge is -2.09. The van der Waals surface area contributed by atoms with Gasteiger partial charge in [-0.2, -0.15) is 0 Å². The molecule has 0 radical (unpaired) electrons. The number of aromatic nitrogens is 1. The van der Waals surface area contributed by atoms with Gasteiger partial charge in [-0.1, -0.05) is 12.1 Å². The summed E-state index contributed by atoms with van der Waals surface area (Å²) < 4.78 is 4.69. The summed E-state index contributed by atoms with van der Waals surface area (Å²) in [6.45, 7) is 0.0969. The first-order chi connectivity index (χ1) is 9.17. The van der Waals surface area contributed by atoms with Crippen LogP contribution in [0.5, 0.6) is 0 Å². The average Bonchev–Trinajstić information content (AvgIpc) is 2.44. The minimum Gasteiger partial charge on any atom is -0.464 e. The average molecular weight is 260 g/mol. The van der Waals surface area contributed by atoms with Crippen LogP contribution in [0.15, 0.2) is 24.3 Å². The zero-order chi connectivity index (χ0) is 13.8. The maximum atomic E-state index is 11.6. The van der Waals surface area contributed by atoms with Crippen LogP contribution in [0.25, 0.3) is 10.9 Å². The number of aliphatic hydroxyl groups excluding tert-OH is 1. The van der Waals surface area contributed by atoms with E-state index in [4.69, 9.17) is 15.6 Å². The van der Waals surface area contributed by atoms with Crippen molar-refractivity contribution in [1.29, 1.82) is 0 Å². The molecule has 0 unspecified atom stereocenters. The lowest BCUT2D eigenvalue weighted by atomic mass is 10.0. The Morgan fingerprint density at radius 2 is 2.26 bits per heavy atom. The van der Waals surface area contributed by atoms with E-state index >= 15 is 0 Å². The molecule has 0 fully saturated rings. The van der Waals surface area contributed by atoms with Gasteiger partial charge in [0, 0.05) is 12.0 Å². The van der Waals surface area contributed by atoms with Crippen molar-refractivity contribution in [2.45, 2.75) is 12.8 Å². The summed E-state index contributed by atoms with van der Waals surface area (Å²) in [5.74, 6) is -0.490. The molecule has 0 spiro atoms. The molecular formula is C14H16N2O3. The summed E-state index contributed by atoms with van der Waals surface area (Å²) in [6, 6.07) is 7.20. The number of carbonyl (C=O) groups is 1. The SMILES string of the molecule is COC(=O)c1cc(CCCO)c2cccc(N)c2n1. The molecule has 5 nitrogen and oxygen atoms in total. The highest BCUT2D eigenvalue weighted by Gasteiger charge is 2.13. The van der Waals surface area contributed by atoms with Crippen LogP contribution in [0.3, 0.4) is 0 Å². The highest BCUT2D eigenvalue weighted by Crippen LogP contribution is 2.24. The molecule has 2 rings (SSSR count). The van der Waals surface area contributed by atoms with Crippen molar-refractivity contribution >= 4 is 22.6 Å². The van der Waals surface area contributed by atoms with Gasteiger partial charge < -0.3 is 15.6 Å². The molecule has 0 amide bonds. The van der Waals surface area contributed by atoms with E-state index in [0.717, 1.165) is 10.9 Å². The third kappa shape index (κ3) is 2.66. The zero-order valence-electron chi connectivity index (χ0n) is 10.7. The quantitative estimate of drug-likeness (QED) is 0.643. The van der Waals surface area contributed by atoms with E-state index in [-0.39, 0.29) is 12.3 Å². The van der Waals surface area contributed by atoms with Gasteiger partial charge in [0.25, 0.3) is 0 Å². The van der Waals surface area contributed by atoms with Crippen molar-refractivity contribution in [1.82, 2.24) is 4.98 Å². The molecule has 1 aromatic heterocycles. The molecule has 0 aliphatic heterocycles. The third-order valence-electron chi connectivity index (χ3n) is 2.96. The molecule has 100 valence electrons. The Hall–Kier alpha value is -2.14. The number of methoxy groups -OCH3 is 1. The first-order valence-electron chi connectivity index (χ1n) is 6.04. The lowest BCUT2D eigenvalue weighted by Crippen LogP contribution is -2.07. The number of nitrogens with zero attached hydrogens (tertiary/aromatic N) is 1. The fourth-order valence-electron chi connectivity index (χ4n) is 2.03. The Balaban J connectivity index is 2.62. The van der Waals surface area contributed by atoms with Gasteiger partial charge in [0.1, 0.15) is 5.69 Å². The van der Waals surface area contributed by atoms with Crippen LogP contribution < -0.4 is 5.73 Å². The van der Waals surface area contributed by atoms with Crippen molar-refractivity contribution in [2.75, 3.05) is 19.5 Å². The molecular weight excluding hydrogens is 244 g/mol. The van der Waals surface area contributed by atoms with Crippen molar-refractivity contribution in [2.24, 2.45) is 0 Å². The monoisotopic (exact) mass is 260 g/mol. The standard InChI is InChI=1S/C14H16N2O3/c1-19-14(18)12-8-9(4-3-7-17)10-5-2-6-11(15)13(10)16-12/h2,5-6,8,17H,3-4,7,15H2,1H3. The van der Waals surface area contributed by atoms with E-state index in [1.54, 1.807) is 12.1 Å². The number of esters is 1. The Kier molecular flexibility index (Phi) is 3.97. The molecule has 0 saturated carbocycles. The van der Waals surface area contributed by atoms with Gasteiger partial charge in [-0.05, 0) is 30.5 Å². The molecule has 3 N–H and O–H groups in total. The third-order valence-corrected chi connectivity index (χ3v) is 2.96. The highest BCUT2D eigenvalue weighted by molar-refractivity contribution is 5.96. The molecule has 0 aliphatic rings. The van der Waals surface area contributed by atoms with Crippen molar-refractivity contribution in [3.8, 4) is 0 Å². The number of fused-ring (bicyclic) bond motifs is 1. The number of rotatable bonds is 4. The molecule has 0 saturated heterocycles. The maximum Gasteiger partial charge on any atom is 0.356 e. The van der Waals surface area contributed by atoms with Crippen LogP contribution >= 0.6 is 0 Å². The first-order valence-corrected chi connectivity index (χ1v) is 6.04. The van der Waals surface area contributed by atoms with Crippen LogP contribution in [0.2, 0.25) is 0 Å². The zero-order valence-corrected chi connectivity index (χ0v) is 10.7. The minimum absolute atomic E-state index is 0.0969. The van der Waals surface area contributed by atoms with Crippen LogP contribution in [-0.2, 0) is 11.2 Å². The maximum absolute atomic E-state index is 11.6. The second-order valence-electron chi connectivity index (χ2n) is 4.23. The van der Waals surface area contributed by atoms with Crippen LogP contribution in [0, 0.1) is 0 Å². The summed E-state index contributed by atoms with van der Waals surface area (Å²) in [5, 5.41) is 9.85.